The van der Waals surface area contributed by atoms with Crippen LogP contribution in [-0.4, -0.2) is 14.2 Å². The second kappa shape index (κ2) is 5.41. The molecule has 1 saturated carbocycles. The Morgan fingerprint density at radius 1 is 1.25 bits per heavy atom. The van der Waals surface area contributed by atoms with E-state index in [1.165, 1.54) is 12.8 Å². The van der Waals surface area contributed by atoms with Crippen LogP contribution in [0.25, 0.3) is 0 Å². The summed E-state index contributed by atoms with van der Waals surface area (Å²) in [5.41, 5.74) is 7.22. The average Bonchev–Trinajstić information content (AvgIpc) is 3.10. The lowest BCUT2D eigenvalue weighted by molar-refractivity contribution is 0.348. The molecular weight excluding hydrogens is 226 g/mol. The molecule has 1 aromatic carbocycles. The number of rotatable bonds is 4. The Balaban J connectivity index is 0.00000128. The lowest BCUT2D eigenvalue weighted by Gasteiger charge is -2.17. The van der Waals surface area contributed by atoms with Crippen molar-refractivity contribution in [2.75, 3.05) is 14.2 Å². The van der Waals surface area contributed by atoms with Crippen molar-refractivity contribution in [3.8, 4) is 11.5 Å². The minimum Gasteiger partial charge on any atom is -0.493 e. The summed E-state index contributed by atoms with van der Waals surface area (Å²) in [7, 11) is 3.30. The Labute approximate surface area is 102 Å². The summed E-state index contributed by atoms with van der Waals surface area (Å²) >= 11 is 0. The number of halogens is 1. The fourth-order valence-corrected chi connectivity index (χ4v) is 1.88. The number of hydrogen-bond acceptors (Lipinski definition) is 3. The first-order valence-electron chi connectivity index (χ1n) is 5.24. The lowest BCUT2D eigenvalue weighted by Crippen LogP contribution is -2.13. The van der Waals surface area contributed by atoms with E-state index in [0.717, 1.165) is 17.1 Å². The molecule has 90 valence electrons. The second-order valence-electron chi connectivity index (χ2n) is 3.95. The zero-order valence-electron chi connectivity index (χ0n) is 9.60. The smallest absolute Gasteiger partial charge is 0.165 e. The van der Waals surface area contributed by atoms with Gasteiger partial charge in [0, 0.05) is 11.6 Å². The molecule has 16 heavy (non-hydrogen) atoms. The molecule has 0 heterocycles. The van der Waals surface area contributed by atoms with Gasteiger partial charge in [0.15, 0.2) is 11.5 Å². The maximum absolute atomic E-state index is 6.16. The van der Waals surface area contributed by atoms with Gasteiger partial charge in [-0.1, -0.05) is 12.1 Å². The third-order valence-electron chi connectivity index (χ3n) is 2.92. The summed E-state index contributed by atoms with van der Waals surface area (Å²) in [6.07, 6.45) is 2.45. The van der Waals surface area contributed by atoms with E-state index in [9.17, 15) is 0 Å². The van der Waals surface area contributed by atoms with Gasteiger partial charge in [-0.15, -0.1) is 12.4 Å². The summed E-state index contributed by atoms with van der Waals surface area (Å²) in [6.45, 7) is 0. The molecule has 1 aromatic rings. The van der Waals surface area contributed by atoms with Crippen LogP contribution in [0.4, 0.5) is 0 Å². The molecule has 0 radical (unpaired) electrons. The summed E-state index contributed by atoms with van der Waals surface area (Å²) < 4.78 is 10.6. The van der Waals surface area contributed by atoms with Crippen LogP contribution in [0, 0.1) is 5.92 Å². The molecule has 0 bridgehead atoms. The van der Waals surface area contributed by atoms with Gasteiger partial charge in [-0.25, -0.2) is 0 Å². The van der Waals surface area contributed by atoms with E-state index in [1.54, 1.807) is 14.2 Å². The van der Waals surface area contributed by atoms with Crippen molar-refractivity contribution < 1.29 is 9.47 Å². The van der Waals surface area contributed by atoms with Gasteiger partial charge in [0.2, 0.25) is 0 Å². The number of methoxy groups -OCH3 is 2. The van der Waals surface area contributed by atoms with E-state index in [4.69, 9.17) is 15.2 Å². The normalized spacial score (nSPS) is 16.2. The van der Waals surface area contributed by atoms with Crippen LogP contribution in [0.1, 0.15) is 24.4 Å². The maximum Gasteiger partial charge on any atom is 0.165 e. The van der Waals surface area contributed by atoms with E-state index < -0.39 is 0 Å². The van der Waals surface area contributed by atoms with E-state index in [0.29, 0.717) is 5.92 Å². The third-order valence-corrected chi connectivity index (χ3v) is 2.92. The molecule has 3 nitrogen and oxygen atoms in total. The van der Waals surface area contributed by atoms with Gasteiger partial charge in [-0.2, -0.15) is 0 Å². The zero-order chi connectivity index (χ0) is 10.8. The summed E-state index contributed by atoms with van der Waals surface area (Å²) in [5, 5.41) is 0. The third kappa shape index (κ3) is 2.42. The van der Waals surface area contributed by atoms with E-state index in [2.05, 4.69) is 0 Å². The summed E-state index contributed by atoms with van der Waals surface area (Å²) in [4.78, 5) is 0. The zero-order valence-corrected chi connectivity index (χ0v) is 10.4. The van der Waals surface area contributed by atoms with Crippen LogP contribution in [0.3, 0.4) is 0 Å². The highest BCUT2D eigenvalue weighted by molar-refractivity contribution is 5.85. The Bertz CT molecular complexity index is 353. The standard InChI is InChI=1S/C12H17NO2.ClH/c1-14-10-5-3-4-9(12(10)15-2)11(13)8-6-7-8;/h3-5,8,11H,6-7,13H2,1-2H3;1H/t11-;/m1./s1. The maximum atomic E-state index is 6.16. The van der Waals surface area contributed by atoms with Gasteiger partial charge in [0.05, 0.1) is 14.2 Å². The first kappa shape index (κ1) is 13.1. The van der Waals surface area contributed by atoms with Crippen LogP contribution >= 0.6 is 12.4 Å². The second-order valence-corrected chi connectivity index (χ2v) is 3.95. The van der Waals surface area contributed by atoms with Gasteiger partial charge in [-0.3, -0.25) is 0 Å². The Morgan fingerprint density at radius 3 is 2.44 bits per heavy atom. The van der Waals surface area contributed by atoms with Crippen LogP contribution in [0.2, 0.25) is 0 Å². The molecule has 0 unspecified atom stereocenters. The highest BCUT2D eigenvalue weighted by Crippen LogP contribution is 2.44. The molecule has 0 spiro atoms. The van der Waals surface area contributed by atoms with Crippen molar-refractivity contribution in [2.24, 2.45) is 11.7 Å². The number of para-hydroxylation sites is 1. The van der Waals surface area contributed by atoms with Crippen molar-refractivity contribution in [3.05, 3.63) is 23.8 Å². The molecule has 1 aliphatic carbocycles. The number of hydrogen-bond donors (Lipinski definition) is 1. The van der Waals surface area contributed by atoms with Crippen molar-refractivity contribution in [2.45, 2.75) is 18.9 Å². The summed E-state index contributed by atoms with van der Waals surface area (Å²) in [6, 6.07) is 5.95. The predicted molar refractivity (Wildman–Crippen MR) is 66.4 cm³/mol. The van der Waals surface area contributed by atoms with Crippen LogP contribution in [0.5, 0.6) is 11.5 Å². The van der Waals surface area contributed by atoms with Gasteiger partial charge in [0.1, 0.15) is 0 Å². The summed E-state index contributed by atoms with van der Waals surface area (Å²) in [5.74, 6) is 2.15. The topological polar surface area (TPSA) is 44.5 Å². The van der Waals surface area contributed by atoms with E-state index in [-0.39, 0.29) is 18.4 Å². The number of nitrogens with two attached hydrogens (primary N) is 1. The average molecular weight is 244 g/mol. The molecule has 2 rings (SSSR count). The molecule has 1 fully saturated rings. The number of benzene rings is 1. The molecule has 0 aliphatic heterocycles. The van der Waals surface area contributed by atoms with Crippen molar-refractivity contribution >= 4 is 12.4 Å². The van der Waals surface area contributed by atoms with Crippen molar-refractivity contribution in [1.82, 2.24) is 0 Å². The van der Waals surface area contributed by atoms with Gasteiger partial charge < -0.3 is 15.2 Å². The SMILES string of the molecule is COc1cccc([C@H](N)C2CC2)c1OC.Cl. The molecule has 0 amide bonds. The molecule has 0 aromatic heterocycles. The van der Waals surface area contributed by atoms with Crippen LogP contribution in [0.15, 0.2) is 18.2 Å². The monoisotopic (exact) mass is 243 g/mol. The van der Waals surface area contributed by atoms with Crippen molar-refractivity contribution in [3.63, 3.8) is 0 Å². The van der Waals surface area contributed by atoms with E-state index in [1.807, 2.05) is 18.2 Å². The highest BCUT2D eigenvalue weighted by Gasteiger charge is 2.31. The molecule has 4 heteroatoms. The van der Waals surface area contributed by atoms with Gasteiger partial charge in [0.25, 0.3) is 0 Å². The Hall–Kier alpha value is -0.930. The molecular formula is C12H18ClNO2. The molecule has 1 atom stereocenters. The minimum absolute atomic E-state index is 0. The fourth-order valence-electron chi connectivity index (χ4n) is 1.88. The highest BCUT2D eigenvalue weighted by atomic mass is 35.5. The molecule has 2 N–H and O–H groups in total. The fraction of sp³-hybridized carbons (Fsp3) is 0.500. The van der Waals surface area contributed by atoms with Gasteiger partial charge >= 0.3 is 0 Å². The quantitative estimate of drug-likeness (QED) is 0.884. The Morgan fingerprint density at radius 2 is 1.94 bits per heavy atom. The molecule has 0 saturated heterocycles. The van der Waals surface area contributed by atoms with Crippen molar-refractivity contribution in [1.29, 1.82) is 0 Å². The first-order valence-corrected chi connectivity index (χ1v) is 5.24. The lowest BCUT2D eigenvalue weighted by atomic mass is 10.0. The van der Waals surface area contributed by atoms with Crippen LogP contribution < -0.4 is 15.2 Å². The minimum atomic E-state index is 0. The number of ether oxygens (including phenoxy) is 2. The first-order chi connectivity index (χ1) is 7.27. The van der Waals surface area contributed by atoms with Gasteiger partial charge in [-0.05, 0) is 24.8 Å². The Kier molecular flexibility index (Phi) is 4.44. The van der Waals surface area contributed by atoms with E-state index >= 15 is 0 Å². The predicted octanol–water partition coefficient (Wildman–Crippen LogP) is 2.54. The largest absolute Gasteiger partial charge is 0.493 e. The molecule has 1 aliphatic rings. The van der Waals surface area contributed by atoms with Crippen LogP contribution in [-0.2, 0) is 0 Å².